The second-order valence-electron chi connectivity index (χ2n) is 5.67. The molecule has 0 radical (unpaired) electrons. The number of rotatable bonds is 5. The molecular formula is C17H25N2O+. The zero-order valence-corrected chi connectivity index (χ0v) is 12.8. The lowest BCUT2D eigenvalue weighted by Crippen LogP contribution is -3.12. The van der Waals surface area contributed by atoms with Gasteiger partial charge in [0.1, 0.15) is 6.07 Å². The van der Waals surface area contributed by atoms with Crippen molar-refractivity contribution in [3.63, 3.8) is 0 Å². The second-order valence-corrected chi connectivity index (χ2v) is 5.67. The van der Waals surface area contributed by atoms with Crippen molar-refractivity contribution >= 4 is 0 Å². The molecular weight excluding hydrogens is 248 g/mol. The van der Waals surface area contributed by atoms with Crippen LogP contribution >= 0.6 is 0 Å². The Labute approximate surface area is 122 Å². The van der Waals surface area contributed by atoms with Gasteiger partial charge in [-0.05, 0) is 25.8 Å². The molecule has 1 aliphatic heterocycles. The van der Waals surface area contributed by atoms with Gasteiger partial charge in [-0.25, -0.2) is 0 Å². The summed E-state index contributed by atoms with van der Waals surface area (Å²) in [5.74, 6) is 0.184. The van der Waals surface area contributed by atoms with E-state index >= 15 is 0 Å². The van der Waals surface area contributed by atoms with E-state index < -0.39 is 5.60 Å². The predicted octanol–water partition coefficient (Wildman–Crippen LogP) is 1.54. The number of fused-ring (bicyclic) bond motifs is 1. The minimum atomic E-state index is -0.773. The first-order valence-electron chi connectivity index (χ1n) is 7.65. The molecule has 0 saturated carbocycles. The van der Waals surface area contributed by atoms with Crippen LogP contribution in [0.4, 0.5) is 0 Å². The number of nitrogens with zero attached hydrogens (tertiary/aromatic N) is 1. The van der Waals surface area contributed by atoms with Gasteiger partial charge >= 0.3 is 0 Å². The van der Waals surface area contributed by atoms with Gasteiger partial charge in [0.25, 0.3) is 0 Å². The predicted molar refractivity (Wildman–Crippen MR) is 79.5 cm³/mol. The molecule has 3 nitrogen and oxygen atoms in total. The van der Waals surface area contributed by atoms with Crippen LogP contribution in [0.25, 0.3) is 0 Å². The van der Waals surface area contributed by atoms with Crippen LogP contribution in [0.5, 0.6) is 0 Å². The van der Waals surface area contributed by atoms with Crippen molar-refractivity contribution in [2.45, 2.75) is 32.8 Å². The molecule has 0 unspecified atom stereocenters. The van der Waals surface area contributed by atoms with E-state index in [0.717, 1.165) is 31.6 Å². The molecule has 0 amide bonds. The Morgan fingerprint density at radius 2 is 2.05 bits per heavy atom. The summed E-state index contributed by atoms with van der Waals surface area (Å²) in [4.78, 5) is 1.51. The Bertz CT molecular complexity index is 490. The molecule has 2 rings (SSSR count). The lowest BCUT2D eigenvalue weighted by Gasteiger charge is -2.38. The maximum Gasteiger partial charge on any atom is 0.187 e. The first-order chi connectivity index (χ1) is 9.67. The van der Waals surface area contributed by atoms with Crippen LogP contribution in [0.1, 0.15) is 31.9 Å². The zero-order chi connectivity index (χ0) is 14.6. The van der Waals surface area contributed by atoms with Crippen molar-refractivity contribution in [2.24, 2.45) is 5.92 Å². The summed E-state index contributed by atoms with van der Waals surface area (Å²) in [5.41, 5.74) is 1.57. The average Bonchev–Trinajstić information content (AvgIpc) is 2.51. The molecule has 0 fully saturated rings. The molecule has 108 valence electrons. The van der Waals surface area contributed by atoms with Gasteiger partial charge < -0.3 is 9.64 Å². The highest BCUT2D eigenvalue weighted by Crippen LogP contribution is 2.38. The summed E-state index contributed by atoms with van der Waals surface area (Å²) < 4.78 is 6.02. The number of benzene rings is 1. The van der Waals surface area contributed by atoms with Crippen molar-refractivity contribution in [1.82, 2.24) is 0 Å². The number of nitrogens with one attached hydrogen (secondary N) is 1. The van der Waals surface area contributed by atoms with Crippen LogP contribution in [0.15, 0.2) is 24.3 Å². The molecule has 1 aromatic rings. The fraction of sp³-hybridized carbons (Fsp3) is 0.588. The zero-order valence-electron chi connectivity index (χ0n) is 12.8. The minimum absolute atomic E-state index is 0.184. The third-order valence-electron chi connectivity index (χ3n) is 4.57. The van der Waals surface area contributed by atoms with Gasteiger partial charge in [0, 0.05) is 5.56 Å². The van der Waals surface area contributed by atoms with Gasteiger partial charge in [0.05, 0.1) is 32.2 Å². The summed E-state index contributed by atoms with van der Waals surface area (Å²) in [6.07, 6.45) is 0.907. The van der Waals surface area contributed by atoms with Crippen LogP contribution < -0.4 is 4.90 Å². The van der Waals surface area contributed by atoms with Gasteiger partial charge in [0.2, 0.25) is 0 Å². The van der Waals surface area contributed by atoms with Crippen LogP contribution in [-0.2, 0) is 16.8 Å². The lowest BCUT2D eigenvalue weighted by molar-refractivity contribution is -0.900. The van der Waals surface area contributed by atoms with Gasteiger partial charge in [-0.1, -0.05) is 31.2 Å². The number of hydrogen-bond acceptors (Lipinski definition) is 2. The number of ether oxygens (including phenoxy) is 1. The van der Waals surface area contributed by atoms with Crippen LogP contribution in [0, 0.1) is 17.2 Å². The van der Waals surface area contributed by atoms with Crippen molar-refractivity contribution in [1.29, 1.82) is 5.26 Å². The Kier molecular flexibility index (Phi) is 4.80. The highest BCUT2D eigenvalue weighted by Gasteiger charge is 2.44. The number of quaternary nitrogens is 1. The fourth-order valence-corrected chi connectivity index (χ4v) is 3.23. The molecule has 0 bridgehead atoms. The van der Waals surface area contributed by atoms with E-state index in [2.05, 4.69) is 39.0 Å². The molecule has 0 aliphatic carbocycles. The highest BCUT2D eigenvalue weighted by molar-refractivity contribution is 5.39. The Morgan fingerprint density at radius 3 is 2.70 bits per heavy atom. The maximum absolute atomic E-state index is 9.83. The normalized spacial score (nSPS) is 23.1. The second kappa shape index (κ2) is 6.39. The smallest absolute Gasteiger partial charge is 0.187 e. The van der Waals surface area contributed by atoms with Gasteiger partial charge in [-0.15, -0.1) is 0 Å². The Hall–Kier alpha value is -1.37. The highest BCUT2D eigenvalue weighted by atomic mass is 16.5. The largest absolute Gasteiger partial charge is 0.355 e. The molecule has 0 saturated heterocycles. The van der Waals surface area contributed by atoms with Crippen molar-refractivity contribution in [3.8, 4) is 6.07 Å². The molecule has 0 spiro atoms. The van der Waals surface area contributed by atoms with Crippen LogP contribution in [0.2, 0.25) is 0 Å². The Balaban J connectivity index is 2.33. The van der Waals surface area contributed by atoms with Crippen LogP contribution in [-0.4, -0.2) is 26.2 Å². The van der Waals surface area contributed by atoms with Gasteiger partial charge in [-0.2, -0.15) is 5.26 Å². The number of nitriles is 1. The van der Waals surface area contributed by atoms with Crippen molar-refractivity contribution < 1.29 is 9.64 Å². The summed E-state index contributed by atoms with van der Waals surface area (Å²) in [5, 5.41) is 9.83. The number of hydrogen-bond donors (Lipinski definition) is 1. The molecule has 0 aromatic heterocycles. The molecule has 20 heavy (non-hydrogen) atoms. The van der Waals surface area contributed by atoms with Crippen LogP contribution in [0.3, 0.4) is 0 Å². The van der Waals surface area contributed by atoms with Crippen molar-refractivity contribution in [3.05, 3.63) is 35.4 Å². The lowest BCUT2D eigenvalue weighted by atomic mass is 9.78. The monoisotopic (exact) mass is 273 g/mol. The maximum atomic E-state index is 9.83. The summed E-state index contributed by atoms with van der Waals surface area (Å²) in [6.45, 7) is 10.3. The first kappa shape index (κ1) is 15.0. The Morgan fingerprint density at radius 1 is 1.35 bits per heavy atom. The summed E-state index contributed by atoms with van der Waals surface area (Å²) in [6, 6.07) is 10.7. The molecule has 1 aromatic carbocycles. The van der Waals surface area contributed by atoms with E-state index in [1.807, 2.05) is 12.1 Å². The topological polar surface area (TPSA) is 37.5 Å². The SMILES string of the molecule is CC[NH+](CC)C[C@H](C)[C@]1(C#N)OCCc2ccccc21. The van der Waals surface area contributed by atoms with Gasteiger partial charge in [-0.3, -0.25) is 0 Å². The first-order valence-corrected chi connectivity index (χ1v) is 7.65. The van der Waals surface area contributed by atoms with Gasteiger partial charge in [0.15, 0.2) is 5.60 Å². The summed E-state index contributed by atoms with van der Waals surface area (Å²) in [7, 11) is 0. The van der Waals surface area contributed by atoms with E-state index in [1.54, 1.807) is 0 Å². The van der Waals surface area contributed by atoms with E-state index in [1.165, 1.54) is 10.5 Å². The third kappa shape index (κ3) is 2.59. The quantitative estimate of drug-likeness (QED) is 0.883. The summed E-state index contributed by atoms with van der Waals surface area (Å²) >= 11 is 0. The van der Waals surface area contributed by atoms with E-state index in [-0.39, 0.29) is 5.92 Å². The van der Waals surface area contributed by atoms with E-state index in [0.29, 0.717) is 6.61 Å². The van der Waals surface area contributed by atoms with E-state index in [4.69, 9.17) is 4.74 Å². The molecule has 1 heterocycles. The minimum Gasteiger partial charge on any atom is -0.355 e. The molecule has 2 atom stereocenters. The average molecular weight is 273 g/mol. The molecule has 1 aliphatic rings. The molecule has 3 heteroatoms. The molecule has 1 N–H and O–H groups in total. The van der Waals surface area contributed by atoms with Crippen molar-refractivity contribution in [2.75, 3.05) is 26.2 Å². The third-order valence-corrected chi connectivity index (χ3v) is 4.57. The standard InChI is InChI=1S/C17H24N2O/c1-4-19(5-2)12-14(3)17(13-18)16-9-7-6-8-15(16)10-11-20-17/h6-9,14H,4-5,10-12H2,1-3H3/p+1/t14-,17-/m0/s1. The fourth-order valence-electron chi connectivity index (χ4n) is 3.23. The van der Waals surface area contributed by atoms with E-state index in [9.17, 15) is 5.26 Å².